The zero-order valence-electron chi connectivity index (χ0n) is 11.5. The van der Waals surface area contributed by atoms with Crippen molar-refractivity contribution >= 4 is 11.6 Å². The molecule has 0 heterocycles. The van der Waals surface area contributed by atoms with Crippen molar-refractivity contribution in [3.8, 4) is 17.2 Å². The Morgan fingerprint density at radius 3 is 2.32 bits per heavy atom. The van der Waals surface area contributed by atoms with Crippen molar-refractivity contribution < 1.29 is 14.2 Å². The zero-order valence-corrected chi connectivity index (χ0v) is 12.3. The first-order valence-corrected chi connectivity index (χ1v) is 6.54. The highest BCUT2D eigenvalue weighted by Gasteiger charge is 2.13. The van der Waals surface area contributed by atoms with E-state index in [1.54, 1.807) is 20.3 Å². The third-order valence-electron chi connectivity index (χ3n) is 2.51. The van der Waals surface area contributed by atoms with Gasteiger partial charge < -0.3 is 19.5 Å². The highest BCUT2D eigenvalue weighted by molar-refractivity contribution is 6.25. The van der Waals surface area contributed by atoms with Crippen molar-refractivity contribution in [3.63, 3.8) is 0 Å². The summed E-state index contributed by atoms with van der Waals surface area (Å²) in [5, 5.41) is 3.26. The monoisotopic (exact) mass is 285 g/mol. The van der Waals surface area contributed by atoms with E-state index in [-0.39, 0.29) is 0 Å². The molecule has 0 aliphatic rings. The molecule has 5 heteroatoms. The van der Waals surface area contributed by atoms with E-state index < -0.39 is 0 Å². The summed E-state index contributed by atoms with van der Waals surface area (Å²) in [6.07, 6.45) is 1.70. The molecule has 0 amide bonds. The third kappa shape index (κ3) is 4.65. The Morgan fingerprint density at radius 2 is 1.84 bits per heavy atom. The quantitative estimate of drug-likeness (QED) is 0.797. The Hall–Kier alpha value is -1.39. The van der Waals surface area contributed by atoms with Crippen molar-refractivity contribution in [2.24, 2.45) is 0 Å². The van der Waals surface area contributed by atoms with Crippen LogP contribution < -0.4 is 19.5 Å². The maximum Gasteiger partial charge on any atom is 0.203 e. The van der Waals surface area contributed by atoms with E-state index in [1.165, 1.54) is 5.54 Å². The molecule has 1 rings (SSSR count). The predicted molar refractivity (Wildman–Crippen MR) is 77.4 cm³/mol. The van der Waals surface area contributed by atoms with Gasteiger partial charge in [0.15, 0.2) is 11.5 Å². The van der Waals surface area contributed by atoms with Gasteiger partial charge in [-0.2, -0.15) is 0 Å². The van der Waals surface area contributed by atoms with Crippen molar-refractivity contribution in [1.29, 1.82) is 0 Å². The van der Waals surface area contributed by atoms with Gasteiger partial charge in [-0.05, 0) is 30.3 Å². The topological polar surface area (TPSA) is 39.7 Å². The molecule has 0 fully saturated rings. The van der Waals surface area contributed by atoms with Crippen molar-refractivity contribution in [2.45, 2.75) is 13.5 Å². The Labute approximate surface area is 119 Å². The molecule has 0 aliphatic carbocycles. The molecule has 0 unspecified atom stereocenters. The Bertz CT molecular complexity index is 396. The van der Waals surface area contributed by atoms with Crippen LogP contribution >= 0.6 is 11.6 Å². The van der Waals surface area contributed by atoms with E-state index in [1.807, 2.05) is 12.1 Å². The van der Waals surface area contributed by atoms with Crippen LogP contribution in [0.5, 0.6) is 17.2 Å². The molecule has 1 aromatic rings. The van der Waals surface area contributed by atoms with E-state index in [9.17, 15) is 0 Å². The van der Waals surface area contributed by atoms with Crippen molar-refractivity contribution in [1.82, 2.24) is 5.32 Å². The second-order valence-electron chi connectivity index (χ2n) is 3.78. The maximum atomic E-state index is 5.61. The van der Waals surface area contributed by atoms with E-state index in [0.29, 0.717) is 23.9 Å². The maximum absolute atomic E-state index is 5.61. The average molecular weight is 286 g/mol. The normalized spacial score (nSPS) is 10.7. The molecule has 0 saturated heterocycles. The smallest absolute Gasteiger partial charge is 0.203 e. The first-order valence-electron chi connectivity index (χ1n) is 6.10. The van der Waals surface area contributed by atoms with Gasteiger partial charge in [0, 0.05) is 12.1 Å². The fourth-order valence-electron chi connectivity index (χ4n) is 1.62. The number of methoxy groups -OCH3 is 2. The largest absolute Gasteiger partial charge is 0.493 e. The third-order valence-corrected chi connectivity index (χ3v) is 2.69. The molecular weight excluding hydrogens is 266 g/mol. The molecule has 0 radical (unpaired) electrons. The molecule has 0 spiro atoms. The lowest BCUT2D eigenvalue weighted by atomic mass is 10.1. The number of hydrogen-bond donors (Lipinski definition) is 1. The Balaban J connectivity index is 2.99. The molecule has 4 nitrogen and oxygen atoms in total. The van der Waals surface area contributed by atoms with E-state index in [4.69, 9.17) is 25.8 Å². The van der Waals surface area contributed by atoms with Crippen LogP contribution in [0.3, 0.4) is 0 Å². The summed E-state index contributed by atoms with van der Waals surface area (Å²) in [7, 11) is 3.21. The summed E-state index contributed by atoms with van der Waals surface area (Å²) in [6, 6.07) is 3.87. The van der Waals surface area contributed by atoms with Crippen LogP contribution in [-0.4, -0.2) is 27.4 Å². The summed E-state index contributed by atoms with van der Waals surface area (Å²) < 4.78 is 16.3. The van der Waals surface area contributed by atoms with Gasteiger partial charge in [0.25, 0.3) is 0 Å². The minimum Gasteiger partial charge on any atom is -0.493 e. The van der Waals surface area contributed by atoms with Gasteiger partial charge in [-0.3, -0.25) is 0 Å². The minimum absolute atomic E-state index is 0.364. The minimum atomic E-state index is 0.364. The molecule has 0 aliphatic heterocycles. The van der Waals surface area contributed by atoms with Crippen LogP contribution in [0.25, 0.3) is 0 Å². The summed E-state index contributed by atoms with van der Waals surface area (Å²) in [4.78, 5) is 0. The van der Waals surface area contributed by atoms with Crippen molar-refractivity contribution in [2.75, 3.05) is 27.4 Å². The van der Waals surface area contributed by atoms with Gasteiger partial charge in [0.1, 0.15) is 6.61 Å². The first-order chi connectivity index (χ1) is 9.26. The van der Waals surface area contributed by atoms with E-state index in [2.05, 4.69) is 12.2 Å². The predicted octanol–water partition coefficient (Wildman–Crippen LogP) is 2.94. The molecule has 19 heavy (non-hydrogen) atoms. The first kappa shape index (κ1) is 15.7. The second-order valence-corrected chi connectivity index (χ2v) is 4.03. The van der Waals surface area contributed by atoms with Gasteiger partial charge in [-0.15, -0.1) is 0 Å². The molecular formula is C14H20ClNO3. The van der Waals surface area contributed by atoms with Crippen LogP contribution in [0.2, 0.25) is 0 Å². The number of hydrogen-bond acceptors (Lipinski definition) is 4. The van der Waals surface area contributed by atoms with Gasteiger partial charge >= 0.3 is 0 Å². The van der Waals surface area contributed by atoms with Gasteiger partial charge in [-0.1, -0.05) is 18.5 Å². The fourth-order valence-corrected chi connectivity index (χ4v) is 1.69. The molecule has 0 atom stereocenters. The standard InChI is InChI=1S/C14H20ClNO3/c1-4-16-10-11-8-12(17-2)14(13(9-11)18-3)19-7-5-6-15/h5-6,8-9,16H,4,7,10H2,1-3H3/b6-5+. The Morgan fingerprint density at radius 1 is 1.21 bits per heavy atom. The number of rotatable bonds is 8. The van der Waals surface area contributed by atoms with Crippen LogP contribution in [0.4, 0.5) is 0 Å². The summed E-state index contributed by atoms with van der Waals surface area (Å²) >= 11 is 5.47. The number of ether oxygens (including phenoxy) is 3. The van der Waals surface area contributed by atoms with E-state index in [0.717, 1.165) is 18.7 Å². The summed E-state index contributed by atoms with van der Waals surface area (Å²) in [6.45, 7) is 4.09. The molecule has 0 saturated carbocycles. The second kappa shape index (κ2) is 8.67. The summed E-state index contributed by atoms with van der Waals surface area (Å²) in [5.74, 6) is 1.88. The molecule has 106 valence electrons. The van der Waals surface area contributed by atoms with Crippen LogP contribution in [-0.2, 0) is 6.54 Å². The molecule has 0 bridgehead atoms. The lowest BCUT2D eigenvalue weighted by molar-refractivity contribution is 0.300. The molecule has 1 N–H and O–H groups in total. The summed E-state index contributed by atoms with van der Waals surface area (Å²) in [5.41, 5.74) is 2.49. The lowest BCUT2D eigenvalue weighted by Gasteiger charge is -2.15. The number of benzene rings is 1. The average Bonchev–Trinajstić information content (AvgIpc) is 2.45. The highest BCUT2D eigenvalue weighted by Crippen LogP contribution is 2.38. The molecule has 1 aromatic carbocycles. The number of nitrogens with one attached hydrogen (secondary N) is 1. The fraction of sp³-hybridized carbons (Fsp3) is 0.429. The van der Waals surface area contributed by atoms with Crippen LogP contribution in [0.15, 0.2) is 23.7 Å². The number of halogens is 1. The zero-order chi connectivity index (χ0) is 14.1. The van der Waals surface area contributed by atoms with Crippen molar-refractivity contribution in [3.05, 3.63) is 29.3 Å². The van der Waals surface area contributed by atoms with Crippen LogP contribution in [0.1, 0.15) is 12.5 Å². The highest BCUT2D eigenvalue weighted by atomic mass is 35.5. The van der Waals surface area contributed by atoms with Crippen LogP contribution in [0, 0.1) is 0 Å². The SMILES string of the molecule is CCNCc1cc(OC)c(OC/C=C/Cl)c(OC)c1. The van der Waals surface area contributed by atoms with E-state index >= 15 is 0 Å². The van der Waals surface area contributed by atoms with Gasteiger partial charge in [-0.25, -0.2) is 0 Å². The van der Waals surface area contributed by atoms with Gasteiger partial charge in [0.05, 0.1) is 14.2 Å². The molecule has 0 aromatic heterocycles. The Kier molecular flexibility index (Phi) is 7.15. The lowest BCUT2D eigenvalue weighted by Crippen LogP contribution is -2.12. The van der Waals surface area contributed by atoms with Gasteiger partial charge in [0.2, 0.25) is 5.75 Å².